The monoisotopic (exact) mass is 339 g/mol. The molecule has 2 aromatic carbocycles. The molecule has 24 heavy (non-hydrogen) atoms. The Bertz CT molecular complexity index is 875. The van der Waals surface area contributed by atoms with Crippen LogP contribution in [0.4, 0.5) is 0 Å². The molecular weight excluding hydrogens is 322 g/mol. The van der Waals surface area contributed by atoms with Crippen LogP contribution in [0.15, 0.2) is 59.2 Å². The fourth-order valence-electron chi connectivity index (χ4n) is 2.99. The number of nitrogens with zero attached hydrogens (tertiary/aromatic N) is 1. The summed E-state index contributed by atoms with van der Waals surface area (Å²) in [6, 6.07) is 16.1. The number of carbonyl (C=O) groups is 1. The van der Waals surface area contributed by atoms with Gasteiger partial charge in [0.25, 0.3) is 0 Å². The Kier molecular flexibility index (Phi) is 3.94. The number of hydrogen-bond donors (Lipinski definition) is 0. The third-order valence-electron chi connectivity index (χ3n) is 4.23. The van der Waals surface area contributed by atoms with Gasteiger partial charge in [0.15, 0.2) is 0 Å². The van der Waals surface area contributed by atoms with Crippen LogP contribution in [-0.4, -0.2) is 23.7 Å². The molecule has 1 saturated heterocycles. The van der Waals surface area contributed by atoms with E-state index in [4.69, 9.17) is 9.15 Å². The molecule has 5 heteroatoms. The number of ether oxygens (including phenoxy) is 1. The predicted octanol–water partition coefficient (Wildman–Crippen LogP) is 4.22. The smallest absolute Gasteiger partial charge is 0.234 e. The van der Waals surface area contributed by atoms with E-state index in [0.29, 0.717) is 12.3 Å². The summed E-state index contributed by atoms with van der Waals surface area (Å²) in [4.78, 5) is 14.2. The number of thioether (sulfide) groups is 1. The van der Waals surface area contributed by atoms with Gasteiger partial charge in [0, 0.05) is 0 Å². The topological polar surface area (TPSA) is 42.7 Å². The van der Waals surface area contributed by atoms with Crippen molar-refractivity contribution in [1.82, 2.24) is 4.90 Å². The van der Waals surface area contributed by atoms with Crippen molar-refractivity contribution in [3.63, 3.8) is 0 Å². The minimum Gasteiger partial charge on any atom is -0.497 e. The van der Waals surface area contributed by atoms with E-state index < -0.39 is 0 Å². The molecule has 1 atom stereocenters. The molecule has 1 amide bonds. The van der Waals surface area contributed by atoms with Crippen LogP contribution < -0.4 is 4.74 Å². The lowest BCUT2D eigenvalue weighted by Crippen LogP contribution is -2.27. The van der Waals surface area contributed by atoms with Crippen molar-refractivity contribution in [2.75, 3.05) is 12.9 Å². The van der Waals surface area contributed by atoms with E-state index in [1.165, 1.54) is 0 Å². The highest BCUT2D eigenvalue weighted by molar-refractivity contribution is 8.00. The van der Waals surface area contributed by atoms with Gasteiger partial charge in [-0.05, 0) is 46.7 Å². The van der Waals surface area contributed by atoms with Crippen LogP contribution in [0.5, 0.6) is 5.75 Å². The first-order chi connectivity index (χ1) is 11.7. The number of fused-ring (bicyclic) bond motifs is 1. The largest absolute Gasteiger partial charge is 0.497 e. The Labute approximate surface area is 144 Å². The summed E-state index contributed by atoms with van der Waals surface area (Å²) in [6.45, 7) is 0.504. The highest BCUT2D eigenvalue weighted by atomic mass is 32.2. The van der Waals surface area contributed by atoms with E-state index in [-0.39, 0.29) is 11.3 Å². The highest BCUT2D eigenvalue weighted by Gasteiger charge is 2.33. The van der Waals surface area contributed by atoms with Crippen LogP contribution in [0, 0.1) is 0 Å². The molecule has 3 aromatic rings. The minimum absolute atomic E-state index is 0.0223. The van der Waals surface area contributed by atoms with Gasteiger partial charge in [0.1, 0.15) is 16.9 Å². The van der Waals surface area contributed by atoms with Gasteiger partial charge in [-0.15, -0.1) is 11.8 Å². The van der Waals surface area contributed by atoms with Crippen LogP contribution in [0.25, 0.3) is 10.8 Å². The molecule has 1 fully saturated rings. The standard InChI is InChI=1S/C19H17NO3S/c1-22-16-7-6-13-9-15(5-4-14(13)10-16)19-20(18(21)12-24-19)11-17-3-2-8-23-17/h2-10,19H,11-12H2,1H3/t19-/m0/s1. The van der Waals surface area contributed by atoms with Crippen molar-refractivity contribution in [2.45, 2.75) is 11.9 Å². The zero-order valence-corrected chi connectivity index (χ0v) is 14.1. The van der Waals surface area contributed by atoms with Crippen molar-refractivity contribution < 1.29 is 13.9 Å². The van der Waals surface area contributed by atoms with Gasteiger partial charge in [0.05, 0.1) is 25.7 Å². The third kappa shape index (κ3) is 2.76. The first-order valence-electron chi connectivity index (χ1n) is 7.76. The van der Waals surface area contributed by atoms with Crippen LogP contribution in [0.1, 0.15) is 16.7 Å². The van der Waals surface area contributed by atoms with Gasteiger partial charge < -0.3 is 14.1 Å². The highest BCUT2D eigenvalue weighted by Crippen LogP contribution is 2.40. The maximum absolute atomic E-state index is 12.3. The zero-order chi connectivity index (χ0) is 16.5. The summed E-state index contributed by atoms with van der Waals surface area (Å²) >= 11 is 1.66. The van der Waals surface area contributed by atoms with E-state index in [0.717, 1.165) is 27.8 Å². The van der Waals surface area contributed by atoms with Crippen molar-refractivity contribution in [3.05, 3.63) is 66.1 Å². The van der Waals surface area contributed by atoms with E-state index in [1.54, 1.807) is 25.1 Å². The number of furan rings is 1. The first-order valence-corrected chi connectivity index (χ1v) is 8.80. The first kappa shape index (κ1) is 15.1. The van der Waals surface area contributed by atoms with Crippen molar-refractivity contribution in [2.24, 2.45) is 0 Å². The second kappa shape index (κ2) is 6.24. The molecule has 0 radical (unpaired) electrons. The van der Waals surface area contributed by atoms with Gasteiger partial charge in [-0.1, -0.05) is 18.2 Å². The van der Waals surface area contributed by atoms with Crippen LogP contribution in [-0.2, 0) is 11.3 Å². The molecule has 2 heterocycles. The molecule has 4 rings (SSSR count). The molecule has 1 aromatic heterocycles. The summed E-state index contributed by atoms with van der Waals surface area (Å²) in [5.41, 5.74) is 1.13. The Balaban J connectivity index is 1.66. The number of amides is 1. The molecule has 0 spiro atoms. The average Bonchev–Trinajstić information content (AvgIpc) is 3.25. The van der Waals surface area contributed by atoms with E-state index in [1.807, 2.05) is 29.2 Å². The maximum atomic E-state index is 12.3. The number of rotatable bonds is 4. The zero-order valence-electron chi connectivity index (χ0n) is 13.3. The lowest BCUT2D eigenvalue weighted by Gasteiger charge is -2.23. The van der Waals surface area contributed by atoms with E-state index >= 15 is 0 Å². The van der Waals surface area contributed by atoms with Crippen molar-refractivity contribution in [1.29, 1.82) is 0 Å². The summed E-state index contributed by atoms with van der Waals surface area (Å²) in [6.07, 6.45) is 1.64. The molecule has 1 aliphatic rings. The maximum Gasteiger partial charge on any atom is 0.234 e. The minimum atomic E-state index is 0.0223. The normalized spacial score (nSPS) is 17.6. The second-order valence-corrected chi connectivity index (χ2v) is 6.81. The van der Waals surface area contributed by atoms with E-state index in [2.05, 4.69) is 24.3 Å². The molecule has 1 aliphatic heterocycles. The fraction of sp³-hybridized carbons (Fsp3) is 0.211. The van der Waals surface area contributed by atoms with Gasteiger partial charge in [-0.25, -0.2) is 0 Å². The molecule has 0 unspecified atom stereocenters. The molecule has 0 aliphatic carbocycles. The second-order valence-electron chi connectivity index (χ2n) is 5.74. The van der Waals surface area contributed by atoms with Crippen LogP contribution in [0.3, 0.4) is 0 Å². The molecule has 0 saturated carbocycles. The average molecular weight is 339 g/mol. The lowest BCUT2D eigenvalue weighted by atomic mass is 10.1. The van der Waals surface area contributed by atoms with Crippen molar-refractivity contribution in [3.8, 4) is 5.75 Å². The summed E-state index contributed by atoms with van der Waals surface area (Å²) in [5.74, 6) is 2.31. The summed E-state index contributed by atoms with van der Waals surface area (Å²) < 4.78 is 10.7. The van der Waals surface area contributed by atoms with Gasteiger partial charge in [-0.3, -0.25) is 4.79 Å². The number of benzene rings is 2. The molecule has 0 N–H and O–H groups in total. The fourth-order valence-corrected chi connectivity index (χ4v) is 4.17. The Hall–Kier alpha value is -2.40. The predicted molar refractivity (Wildman–Crippen MR) is 95.0 cm³/mol. The lowest BCUT2D eigenvalue weighted by molar-refractivity contribution is -0.128. The SMILES string of the molecule is COc1ccc2cc([C@@H]3SCC(=O)N3Cc3ccco3)ccc2c1. The molecule has 122 valence electrons. The summed E-state index contributed by atoms with van der Waals surface area (Å²) in [5, 5.41) is 2.30. The van der Waals surface area contributed by atoms with Crippen LogP contribution in [0.2, 0.25) is 0 Å². The number of hydrogen-bond acceptors (Lipinski definition) is 4. The Morgan fingerprint density at radius 3 is 2.83 bits per heavy atom. The molecular formula is C19H17NO3S. The van der Waals surface area contributed by atoms with Crippen LogP contribution >= 0.6 is 11.8 Å². The van der Waals surface area contributed by atoms with Crippen molar-refractivity contribution >= 4 is 28.4 Å². The Morgan fingerprint density at radius 1 is 1.21 bits per heavy atom. The summed E-state index contributed by atoms with van der Waals surface area (Å²) in [7, 11) is 1.67. The number of methoxy groups -OCH3 is 1. The molecule has 4 nitrogen and oxygen atoms in total. The van der Waals surface area contributed by atoms with E-state index in [9.17, 15) is 4.79 Å². The molecule has 0 bridgehead atoms. The van der Waals surface area contributed by atoms with Gasteiger partial charge in [-0.2, -0.15) is 0 Å². The van der Waals surface area contributed by atoms with Gasteiger partial charge >= 0.3 is 0 Å². The van der Waals surface area contributed by atoms with Gasteiger partial charge in [0.2, 0.25) is 5.91 Å². The number of carbonyl (C=O) groups excluding carboxylic acids is 1. The quantitative estimate of drug-likeness (QED) is 0.714. The Morgan fingerprint density at radius 2 is 2.04 bits per heavy atom. The third-order valence-corrected chi connectivity index (χ3v) is 5.49.